The molecule has 3 aliphatic rings. The van der Waals surface area contributed by atoms with Crippen molar-refractivity contribution in [3.63, 3.8) is 0 Å². The second-order valence-corrected chi connectivity index (χ2v) is 6.71. The molecule has 1 spiro atoms. The Labute approximate surface area is 147 Å². The van der Waals surface area contributed by atoms with Crippen molar-refractivity contribution in [2.45, 2.75) is 49.2 Å². The maximum atomic E-state index is 13.4. The molecule has 3 rings (SSSR count). The summed E-state index contributed by atoms with van der Waals surface area (Å²) in [7, 11) is 0. The number of amides is 2. The molecule has 0 aromatic rings. The van der Waals surface area contributed by atoms with E-state index in [-0.39, 0.29) is 31.9 Å². The summed E-state index contributed by atoms with van der Waals surface area (Å²) in [4.78, 5) is 26.0. The number of carbonyl (C=O) groups is 2. The molecule has 11 heteroatoms. The number of rotatable bonds is 2. The van der Waals surface area contributed by atoms with Crippen molar-refractivity contribution in [3.05, 3.63) is 0 Å². The molecule has 5 nitrogen and oxygen atoms in total. The second-order valence-electron chi connectivity index (χ2n) is 6.71. The molecule has 2 amide bonds. The van der Waals surface area contributed by atoms with Crippen LogP contribution < -0.4 is 5.32 Å². The van der Waals surface area contributed by atoms with E-state index in [1.54, 1.807) is 0 Å². The molecule has 3 fully saturated rings. The van der Waals surface area contributed by atoms with Gasteiger partial charge in [-0.15, -0.1) is 12.4 Å². The molecule has 0 aromatic heterocycles. The molecule has 0 radical (unpaired) electrons. The third-order valence-corrected chi connectivity index (χ3v) is 5.02. The lowest BCUT2D eigenvalue weighted by Gasteiger charge is -2.47. The predicted molar refractivity (Wildman–Crippen MR) is 79.8 cm³/mol. The number of hydrogen-bond donors (Lipinski definition) is 1. The van der Waals surface area contributed by atoms with Crippen LogP contribution in [-0.4, -0.2) is 77.9 Å². The smallest absolute Gasteiger partial charge is 0.332 e. The molecular formula is C14H19ClF5N3O2. The molecule has 2 aliphatic heterocycles. The average molecular weight is 392 g/mol. The average Bonchev–Trinajstić information content (AvgIpc) is 3.15. The lowest BCUT2D eigenvalue weighted by molar-refractivity contribution is -0.193. The van der Waals surface area contributed by atoms with Crippen molar-refractivity contribution in [1.29, 1.82) is 0 Å². The highest BCUT2D eigenvalue weighted by Crippen LogP contribution is 2.47. The Morgan fingerprint density at radius 2 is 1.88 bits per heavy atom. The highest BCUT2D eigenvalue weighted by Gasteiger charge is 2.60. The first-order chi connectivity index (χ1) is 11.2. The second kappa shape index (κ2) is 6.86. The summed E-state index contributed by atoms with van der Waals surface area (Å²) in [5, 5.41) is 2.70. The van der Waals surface area contributed by atoms with Crippen molar-refractivity contribution in [3.8, 4) is 0 Å². The highest BCUT2D eigenvalue weighted by molar-refractivity contribution is 5.86. The number of carbonyl (C=O) groups excluding carboxylic acids is 2. The number of piperazine rings is 1. The number of nitrogens with zero attached hydrogens (tertiary/aromatic N) is 2. The molecular weight excluding hydrogens is 373 g/mol. The van der Waals surface area contributed by atoms with Crippen LogP contribution in [0.25, 0.3) is 0 Å². The molecule has 0 unspecified atom stereocenters. The fourth-order valence-electron chi connectivity index (χ4n) is 3.53. The Morgan fingerprint density at radius 3 is 2.32 bits per heavy atom. The largest absolute Gasteiger partial charge is 0.471 e. The summed E-state index contributed by atoms with van der Waals surface area (Å²) in [6.45, 7) is -1.67. The minimum atomic E-state index is -5.03. The zero-order valence-electron chi connectivity index (χ0n) is 13.2. The van der Waals surface area contributed by atoms with Gasteiger partial charge in [0.15, 0.2) is 0 Å². The summed E-state index contributed by atoms with van der Waals surface area (Å²) >= 11 is 0. The zero-order valence-corrected chi connectivity index (χ0v) is 14.0. The first kappa shape index (κ1) is 20.2. The van der Waals surface area contributed by atoms with Gasteiger partial charge < -0.3 is 15.1 Å². The number of hydrogen-bond acceptors (Lipinski definition) is 3. The van der Waals surface area contributed by atoms with Crippen LogP contribution in [0.3, 0.4) is 0 Å². The zero-order chi connectivity index (χ0) is 17.7. The SMILES string of the molecule is Cl.O=C([C@@H]1C[C@@H](F)CN1)N1CC2(CC2)N(C(=O)C(F)(F)F)C[C@@H]1CF. The summed E-state index contributed by atoms with van der Waals surface area (Å²) in [6, 6.07) is -1.94. The fourth-order valence-corrected chi connectivity index (χ4v) is 3.53. The lowest BCUT2D eigenvalue weighted by atomic mass is 10.0. The normalized spacial score (nSPS) is 31.0. The third-order valence-electron chi connectivity index (χ3n) is 5.02. The number of alkyl halides is 5. The van der Waals surface area contributed by atoms with Crippen molar-refractivity contribution in [1.82, 2.24) is 15.1 Å². The summed E-state index contributed by atoms with van der Waals surface area (Å²) in [5.74, 6) is -2.50. The maximum absolute atomic E-state index is 13.4. The minimum absolute atomic E-state index is 0. The van der Waals surface area contributed by atoms with Gasteiger partial charge in [0.05, 0.1) is 17.6 Å². The Balaban J connectivity index is 0.00000225. The van der Waals surface area contributed by atoms with Crippen LogP contribution >= 0.6 is 12.4 Å². The van der Waals surface area contributed by atoms with E-state index in [4.69, 9.17) is 0 Å². The van der Waals surface area contributed by atoms with Gasteiger partial charge in [-0.05, 0) is 12.8 Å². The molecule has 0 aromatic carbocycles. The molecule has 2 heterocycles. The van der Waals surface area contributed by atoms with Gasteiger partial charge in [-0.2, -0.15) is 13.2 Å². The van der Waals surface area contributed by atoms with E-state index in [1.807, 2.05) is 0 Å². The van der Waals surface area contributed by atoms with Crippen LogP contribution in [0.5, 0.6) is 0 Å². The van der Waals surface area contributed by atoms with Gasteiger partial charge in [-0.3, -0.25) is 9.59 Å². The Kier molecular flexibility index (Phi) is 5.53. The molecule has 1 saturated carbocycles. The molecule has 1 N–H and O–H groups in total. The van der Waals surface area contributed by atoms with Crippen molar-refractivity contribution in [2.24, 2.45) is 0 Å². The van der Waals surface area contributed by atoms with Crippen molar-refractivity contribution >= 4 is 24.2 Å². The van der Waals surface area contributed by atoms with Gasteiger partial charge in [0, 0.05) is 26.1 Å². The van der Waals surface area contributed by atoms with Gasteiger partial charge in [-0.1, -0.05) is 0 Å². The van der Waals surface area contributed by atoms with Crippen LogP contribution in [0.4, 0.5) is 22.0 Å². The van der Waals surface area contributed by atoms with E-state index in [9.17, 15) is 31.5 Å². The number of halogens is 6. The van der Waals surface area contributed by atoms with Gasteiger partial charge in [0.1, 0.15) is 12.8 Å². The molecule has 144 valence electrons. The Bertz CT molecular complexity index is 543. The standard InChI is InChI=1S/C14H18F5N3O2.ClH/c15-4-9-6-22(12(24)14(17,18)19)13(1-2-13)7-21(9)11(23)10-3-8(16)5-20-10;/h8-10,20H,1-7H2;1H/t8-,9+,10+;/m1./s1. The van der Waals surface area contributed by atoms with Gasteiger partial charge in [-0.25, -0.2) is 8.78 Å². The monoisotopic (exact) mass is 391 g/mol. The van der Waals surface area contributed by atoms with Gasteiger partial charge in [0.25, 0.3) is 0 Å². The Morgan fingerprint density at radius 1 is 1.24 bits per heavy atom. The van der Waals surface area contributed by atoms with E-state index in [0.29, 0.717) is 17.7 Å². The van der Waals surface area contributed by atoms with Gasteiger partial charge >= 0.3 is 12.1 Å². The van der Waals surface area contributed by atoms with Crippen molar-refractivity contribution < 1.29 is 31.5 Å². The third kappa shape index (κ3) is 3.69. The molecule has 25 heavy (non-hydrogen) atoms. The minimum Gasteiger partial charge on any atom is -0.332 e. The molecule has 1 aliphatic carbocycles. The summed E-state index contributed by atoms with van der Waals surface area (Å²) in [5.41, 5.74) is -1.07. The van der Waals surface area contributed by atoms with E-state index >= 15 is 0 Å². The van der Waals surface area contributed by atoms with Gasteiger partial charge in [0.2, 0.25) is 5.91 Å². The van der Waals surface area contributed by atoms with E-state index in [0.717, 1.165) is 0 Å². The number of nitrogens with one attached hydrogen (secondary N) is 1. The first-order valence-electron chi connectivity index (χ1n) is 7.80. The Hall–Kier alpha value is -1.16. The lowest BCUT2D eigenvalue weighted by Crippen LogP contribution is -2.66. The van der Waals surface area contributed by atoms with Crippen LogP contribution in [0.15, 0.2) is 0 Å². The van der Waals surface area contributed by atoms with Crippen LogP contribution in [0.1, 0.15) is 19.3 Å². The topological polar surface area (TPSA) is 52.7 Å². The maximum Gasteiger partial charge on any atom is 0.471 e. The van der Waals surface area contributed by atoms with E-state index < -0.39 is 55.0 Å². The van der Waals surface area contributed by atoms with Crippen LogP contribution in [-0.2, 0) is 9.59 Å². The first-order valence-corrected chi connectivity index (χ1v) is 7.80. The van der Waals surface area contributed by atoms with Crippen LogP contribution in [0.2, 0.25) is 0 Å². The van der Waals surface area contributed by atoms with Crippen LogP contribution in [0, 0.1) is 0 Å². The highest BCUT2D eigenvalue weighted by atomic mass is 35.5. The predicted octanol–water partition coefficient (Wildman–Crippen LogP) is 1.21. The quantitative estimate of drug-likeness (QED) is 0.720. The summed E-state index contributed by atoms with van der Waals surface area (Å²) < 4.78 is 64.9. The van der Waals surface area contributed by atoms with E-state index in [1.165, 1.54) is 4.90 Å². The molecule has 3 atom stereocenters. The fraction of sp³-hybridized carbons (Fsp3) is 0.857. The molecule has 0 bridgehead atoms. The van der Waals surface area contributed by atoms with E-state index in [2.05, 4.69) is 5.32 Å². The van der Waals surface area contributed by atoms with Crippen molar-refractivity contribution in [2.75, 3.05) is 26.3 Å². The summed E-state index contributed by atoms with van der Waals surface area (Å²) in [6.07, 6.45) is -5.57. The molecule has 2 saturated heterocycles.